The van der Waals surface area contributed by atoms with Gasteiger partial charge in [-0.3, -0.25) is 4.79 Å². The number of ether oxygens (including phenoxy) is 1. The zero-order chi connectivity index (χ0) is 15.2. The minimum absolute atomic E-state index is 0.119. The molecule has 0 saturated carbocycles. The monoisotopic (exact) mass is 284 g/mol. The summed E-state index contributed by atoms with van der Waals surface area (Å²) >= 11 is 0. The van der Waals surface area contributed by atoms with Crippen LogP contribution in [0.25, 0.3) is 0 Å². The highest BCUT2D eigenvalue weighted by atomic mass is 16.5. The Morgan fingerprint density at radius 3 is 2.71 bits per heavy atom. The van der Waals surface area contributed by atoms with Gasteiger partial charge in [-0.25, -0.2) is 0 Å². The van der Waals surface area contributed by atoms with Crippen molar-refractivity contribution in [3.63, 3.8) is 0 Å². The number of aryl methyl sites for hydroxylation is 2. The maximum Gasteiger partial charge on any atom is 0.251 e. The summed E-state index contributed by atoms with van der Waals surface area (Å²) in [7, 11) is 0. The summed E-state index contributed by atoms with van der Waals surface area (Å²) in [5.74, 6) is 0.693. The third kappa shape index (κ3) is 4.24. The van der Waals surface area contributed by atoms with Crippen molar-refractivity contribution >= 4 is 11.6 Å². The van der Waals surface area contributed by atoms with Crippen molar-refractivity contribution in [3.05, 3.63) is 59.2 Å². The second-order valence-electron chi connectivity index (χ2n) is 4.99. The second-order valence-corrected chi connectivity index (χ2v) is 4.99. The maximum atomic E-state index is 12.0. The first-order valence-corrected chi connectivity index (χ1v) is 6.90. The van der Waals surface area contributed by atoms with Crippen LogP contribution in [-0.4, -0.2) is 19.1 Å². The van der Waals surface area contributed by atoms with Crippen LogP contribution in [0.5, 0.6) is 5.75 Å². The van der Waals surface area contributed by atoms with Crippen molar-refractivity contribution in [2.45, 2.75) is 13.8 Å². The molecule has 110 valence electrons. The highest BCUT2D eigenvalue weighted by Gasteiger charge is 2.06. The molecular formula is C17H20N2O2. The van der Waals surface area contributed by atoms with Gasteiger partial charge in [0.25, 0.3) is 5.91 Å². The Hall–Kier alpha value is -2.49. The number of hydrogen-bond acceptors (Lipinski definition) is 3. The summed E-state index contributed by atoms with van der Waals surface area (Å²) in [6.07, 6.45) is 0. The Labute approximate surface area is 124 Å². The van der Waals surface area contributed by atoms with Crippen molar-refractivity contribution in [2.24, 2.45) is 0 Å². The van der Waals surface area contributed by atoms with Gasteiger partial charge in [-0.2, -0.15) is 0 Å². The SMILES string of the molecule is Cc1cccc(OCCNC(=O)c2ccc(N)c(C)c2)c1. The Bertz CT molecular complexity index is 638. The van der Waals surface area contributed by atoms with Gasteiger partial charge in [-0.15, -0.1) is 0 Å². The van der Waals surface area contributed by atoms with Gasteiger partial charge in [0.1, 0.15) is 12.4 Å². The van der Waals surface area contributed by atoms with E-state index in [0.717, 1.165) is 16.9 Å². The van der Waals surface area contributed by atoms with Crippen LogP contribution in [0.3, 0.4) is 0 Å². The van der Waals surface area contributed by atoms with Gasteiger partial charge in [-0.05, 0) is 55.3 Å². The van der Waals surface area contributed by atoms with Gasteiger partial charge >= 0.3 is 0 Å². The number of nitrogens with one attached hydrogen (secondary N) is 1. The maximum absolute atomic E-state index is 12.0. The van der Waals surface area contributed by atoms with E-state index in [9.17, 15) is 4.79 Å². The molecule has 0 aliphatic heterocycles. The van der Waals surface area contributed by atoms with E-state index in [1.807, 2.05) is 38.1 Å². The molecule has 0 atom stereocenters. The lowest BCUT2D eigenvalue weighted by Crippen LogP contribution is -2.28. The van der Waals surface area contributed by atoms with Crippen molar-refractivity contribution in [1.29, 1.82) is 0 Å². The smallest absolute Gasteiger partial charge is 0.251 e. The number of rotatable bonds is 5. The summed E-state index contributed by atoms with van der Waals surface area (Å²) in [4.78, 5) is 12.0. The molecule has 2 aromatic rings. The molecule has 4 nitrogen and oxygen atoms in total. The molecule has 0 unspecified atom stereocenters. The number of hydrogen-bond donors (Lipinski definition) is 2. The van der Waals surface area contributed by atoms with Gasteiger partial charge in [0.2, 0.25) is 0 Å². The van der Waals surface area contributed by atoms with Crippen LogP contribution in [0.1, 0.15) is 21.5 Å². The second kappa shape index (κ2) is 6.79. The number of benzene rings is 2. The van der Waals surface area contributed by atoms with Gasteiger partial charge in [-0.1, -0.05) is 12.1 Å². The average molecular weight is 284 g/mol. The highest BCUT2D eigenvalue weighted by Crippen LogP contribution is 2.13. The number of amides is 1. The van der Waals surface area contributed by atoms with Crippen LogP contribution in [0.4, 0.5) is 5.69 Å². The highest BCUT2D eigenvalue weighted by molar-refractivity contribution is 5.94. The van der Waals surface area contributed by atoms with E-state index in [2.05, 4.69) is 5.32 Å². The Morgan fingerprint density at radius 1 is 1.19 bits per heavy atom. The van der Waals surface area contributed by atoms with E-state index in [1.54, 1.807) is 18.2 Å². The molecule has 2 aromatic carbocycles. The molecule has 0 radical (unpaired) electrons. The summed E-state index contributed by atoms with van der Waals surface area (Å²) in [6, 6.07) is 13.1. The lowest BCUT2D eigenvalue weighted by molar-refractivity contribution is 0.0947. The van der Waals surface area contributed by atoms with Crippen molar-refractivity contribution < 1.29 is 9.53 Å². The first kappa shape index (κ1) is 14.9. The molecule has 2 rings (SSSR count). The summed E-state index contributed by atoms with van der Waals surface area (Å²) < 4.78 is 5.58. The predicted octanol–water partition coefficient (Wildman–Crippen LogP) is 2.69. The fourth-order valence-corrected chi connectivity index (χ4v) is 1.96. The first-order chi connectivity index (χ1) is 10.1. The van der Waals surface area contributed by atoms with Crippen LogP contribution in [0.15, 0.2) is 42.5 Å². The van der Waals surface area contributed by atoms with Crippen molar-refractivity contribution in [2.75, 3.05) is 18.9 Å². The average Bonchev–Trinajstić information content (AvgIpc) is 2.46. The van der Waals surface area contributed by atoms with E-state index in [-0.39, 0.29) is 5.91 Å². The third-order valence-electron chi connectivity index (χ3n) is 3.18. The first-order valence-electron chi connectivity index (χ1n) is 6.90. The lowest BCUT2D eigenvalue weighted by Gasteiger charge is -2.09. The molecule has 0 aliphatic carbocycles. The van der Waals surface area contributed by atoms with Crippen LogP contribution in [0.2, 0.25) is 0 Å². The summed E-state index contributed by atoms with van der Waals surface area (Å²) in [5.41, 5.74) is 9.08. The number of nitrogens with two attached hydrogens (primary N) is 1. The molecule has 1 amide bonds. The van der Waals surface area contributed by atoms with E-state index in [1.165, 1.54) is 0 Å². The Kier molecular flexibility index (Phi) is 4.82. The van der Waals surface area contributed by atoms with Crippen LogP contribution < -0.4 is 15.8 Å². The lowest BCUT2D eigenvalue weighted by atomic mass is 10.1. The minimum Gasteiger partial charge on any atom is -0.492 e. The molecule has 0 aromatic heterocycles. The normalized spacial score (nSPS) is 10.2. The predicted molar refractivity (Wildman–Crippen MR) is 84.6 cm³/mol. The molecule has 0 heterocycles. The standard InChI is InChI=1S/C17H20N2O2/c1-12-4-3-5-15(10-12)21-9-8-19-17(20)14-6-7-16(18)13(2)11-14/h3-7,10-11H,8-9,18H2,1-2H3,(H,19,20). The Balaban J connectivity index is 1.80. The molecular weight excluding hydrogens is 264 g/mol. The minimum atomic E-state index is -0.119. The largest absolute Gasteiger partial charge is 0.492 e. The zero-order valence-corrected chi connectivity index (χ0v) is 12.3. The number of anilines is 1. The number of carbonyl (C=O) groups is 1. The van der Waals surface area contributed by atoms with E-state index in [4.69, 9.17) is 10.5 Å². The molecule has 0 saturated heterocycles. The third-order valence-corrected chi connectivity index (χ3v) is 3.18. The number of nitrogen functional groups attached to an aromatic ring is 1. The van der Waals surface area contributed by atoms with Gasteiger partial charge in [0.15, 0.2) is 0 Å². The summed E-state index contributed by atoms with van der Waals surface area (Å²) in [5, 5.41) is 2.83. The van der Waals surface area contributed by atoms with Gasteiger partial charge in [0, 0.05) is 11.3 Å². The zero-order valence-electron chi connectivity index (χ0n) is 12.3. The molecule has 0 aliphatic rings. The molecule has 0 bridgehead atoms. The van der Waals surface area contributed by atoms with Crippen LogP contribution >= 0.6 is 0 Å². The topological polar surface area (TPSA) is 64.3 Å². The fourth-order valence-electron chi connectivity index (χ4n) is 1.96. The van der Waals surface area contributed by atoms with Crippen molar-refractivity contribution in [1.82, 2.24) is 5.32 Å². The van der Waals surface area contributed by atoms with E-state index >= 15 is 0 Å². The number of carbonyl (C=O) groups excluding carboxylic acids is 1. The molecule has 4 heteroatoms. The fraction of sp³-hybridized carbons (Fsp3) is 0.235. The Morgan fingerprint density at radius 2 is 2.00 bits per heavy atom. The summed E-state index contributed by atoms with van der Waals surface area (Å²) in [6.45, 7) is 4.78. The van der Waals surface area contributed by atoms with Gasteiger partial charge in [0.05, 0.1) is 6.54 Å². The van der Waals surface area contributed by atoms with Crippen molar-refractivity contribution in [3.8, 4) is 5.75 Å². The van der Waals surface area contributed by atoms with E-state index < -0.39 is 0 Å². The van der Waals surface area contributed by atoms with Gasteiger partial charge < -0.3 is 15.8 Å². The van der Waals surface area contributed by atoms with Crippen LogP contribution in [0, 0.1) is 13.8 Å². The molecule has 21 heavy (non-hydrogen) atoms. The molecule has 0 spiro atoms. The van der Waals surface area contributed by atoms with Crippen LogP contribution in [-0.2, 0) is 0 Å². The van der Waals surface area contributed by atoms with E-state index in [0.29, 0.717) is 24.4 Å². The molecule has 0 fully saturated rings. The quantitative estimate of drug-likeness (QED) is 0.655. The molecule has 3 N–H and O–H groups in total.